The molecule has 2 fully saturated rings. The van der Waals surface area contributed by atoms with E-state index in [1.807, 2.05) is 6.07 Å². The topological polar surface area (TPSA) is 189 Å². The third-order valence-corrected chi connectivity index (χ3v) is 9.26. The Hall–Kier alpha value is -3.19. The van der Waals surface area contributed by atoms with Crippen LogP contribution < -0.4 is 26.8 Å². The lowest BCUT2D eigenvalue weighted by molar-refractivity contribution is -0.141. The van der Waals surface area contributed by atoms with Crippen LogP contribution in [-0.2, 0) is 30.8 Å². The number of para-hydroxylation sites is 1. The van der Waals surface area contributed by atoms with E-state index in [0.29, 0.717) is 75.9 Å². The van der Waals surface area contributed by atoms with Crippen LogP contribution in [0, 0.1) is 5.92 Å². The molecule has 1 unspecified atom stereocenters. The highest BCUT2D eigenvalue weighted by Crippen LogP contribution is 2.34. The van der Waals surface area contributed by atoms with E-state index in [9.17, 15) is 22.8 Å². The number of fused-ring (bicyclic) bond motifs is 2. The molecule has 12 nitrogen and oxygen atoms in total. The highest BCUT2D eigenvalue weighted by Gasteiger charge is 2.45. The number of nitrogens with two attached hydrogens (primary N) is 2. The lowest BCUT2D eigenvalue weighted by atomic mass is 9.96. The van der Waals surface area contributed by atoms with E-state index in [1.54, 1.807) is 12.1 Å². The van der Waals surface area contributed by atoms with Gasteiger partial charge in [0.15, 0.2) is 5.96 Å². The molecule has 4 rings (SSSR count). The van der Waals surface area contributed by atoms with Gasteiger partial charge in [-0.25, -0.2) is 8.42 Å². The van der Waals surface area contributed by atoms with Crippen LogP contribution >= 0.6 is 0 Å². The highest BCUT2D eigenvalue weighted by molar-refractivity contribution is 7.89. The lowest BCUT2D eigenvalue weighted by Crippen LogP contribution is -2.55. The summed E-state index contributed by atoms with van der Waals surface area (Å²) < 4.78 is 29.7. The molecule has 1 aromatic carbocycles. The Kier molecular flexibility index (Phi) is 9.11. The number of nitrogens with zero attached hydrogens (tertiary/aromatic N) is 2. The molecule has 5 atom stereocenters. The summed E-state index contributed by atoms with van der Waals surface area (Å²) in [5.41, 5.74) is 12.1. The van der Waals surface area contributed by atoms with Crippen molar-refractivity contribution >= 4 is 39.8 Å². The first-order chi connectivity index (χ1) is 18.6. The van der Waals surface area contributed by atoms with Crippen LogP contribution in [-0.4, -0.2) is 74.6 Å². The van der Waals surface area contributed by atoms with Crippen molar-refractivity contribution < 1.29 is 22.8 Å². The van der Waals surface area contributed by atoms with Gasteiger partial charge in [-0.1, -0.05) is 19.1 Å². The van der Waals surface area contributed by atoms with Gasteiger partial charge in [-0.3, -0.25) is 14.6 Å². The Balaban J connectivity index is 1.46. The molecule has 0 radical (unpaired) electrons. The summed E-state index contributed by atoms with van der Waals surface area (Å²) in [6.07, 6.45) is 5.07. The van der Waals surface area contributed by atoms with Gasteiger partial charge in [-0.2, -0.15) is 4.72 Å². The van der Waals surface area contributed by atoms with Crippen LogP contribution in [0.4, 0.5) is 5.69 Å². The lowest BCUT2D eigenvalue weighted by Gasteiger charge is -2.31. The summed E-state index contributed by atoms with van der Waals surface area (Å²) in [5.74, 6) is -0.468. The second-order valence-corrected chi connectivity index (χ2v) is 12.5. The molecular formula is C26H39N7O5S. The van der Waals surface area contributed by atoms with E-state index in [1.165, 1.54) is 4.90 Å². The number of guanidine groups is 1. The second-order valence-electron chi connectivity index (χ2n) is 10.8. The van der Waals surface area contributed by atoms with E-state index >= 15 is 0 Å². The SMILES string of the molecule is CC1CNc2c(cccc2S(=O)(=O)N[C@H]2CCC[C@H]3CC[C@@H](C(=O)N[C@H](C=O)CCCN=C(N)N)N3C2=O)C1. The molecule has 2 amide bonds. The van der Waals surface area contributed by atoms with Crippen LogP contribution in [0.15, 0.2) is 28.1 Å². The van der Waals surface area contributed by atoms with Crippen molar-refractivity contribution in [3.8, 4) is 0 Å². The van der Waals surface area contributed by atoms with E-state index in [-0.39, 0.29) is 16.9 Å². The summed E-state index contributed by atoms with van der Waals surface area (Å²) in [7, 11) is -4.01. The first-order valence-electron chi connectivity index (χ1n) is 13.6. The number of rotatable bonds is 10. The number of aldehydes is 1. The predicted octanol–water partition coefficient (Wildman–Crippen LogP) is 0.218. The third kappa shape index (κ3) is 6.70. The predicted molar refractivity (Wildman–Crippen MR) is 147 cm³/mol. The Morgan fingerprint density at radius 2 is 2.05 bits per heavy atom. The van der Waals surface area contributed by atoms with Crippen LogP contribution in [0.2, 0.25) is 0 Å². The summed E-state index contributed by atoms with van der Waals surface area (Å²) in [5, 5.41) is 5.98. The Bertz CT molecular complexity index is 1220. The molecule has 2 saturated heterocycles. The number of benzene rings is 1. The van der Waals surface area contributed by atoms with Gasteiger partial charge in [0.1, 0.15) is 23.3 Å². The molecule has 214 valence electrons. The molecule has 0 bridgehead atoms. The Labute approximate surface area is 229 Å². The standard InChI is InChI=1S/C26H39N7O5S/c1-16-13-17-5-2-9-22(23(17)30-14-16)39(37,38)32-20-8-3-7-19-10-11-21(33(19)25(20)36)24(35)31-18(15-34)6-4-12-29-26(27)28/h2,5,9,15-16,18-21,30,32H,3-4,6-8,10-14H2,1H3,(H,31,35)(H4,27,28,29)/t16?,18-,19-,20-,21-/m0/s1. The number of sulfonamides is 1. The molecular weight excluding hydrogens is 522 g/mol. The van der Waals surface area contributed by atoms with Gasteiger partial charge in [0, 0.05) is 19.1 Å². The molecule has 3 heterocycles. The van der Waals surface area contributed by atoms with Crippen molar-refractivity contribution in [2.45, 2.75) is 87.4 Å². The van der Waals surface area contributed by atoms with Crippen molar-refractivity contribution in [3.63, 3.8) is 0 Å². The summed E-state index contributed by atoms with van der Waals surface area (Å²) in [6.45, 7) is 3.10. The summed E-state index contributed by atoms with van der Waals surface area (Å²) >= 11 is 0. The summed E-state index contributed by atoms with van der Waals surface area (Å²) in [4.78, 5) is 44.0. The fourth-order valence-electron chi connectivity index (χ4n) is 5.85. The van der Waals surface area contributed by atoms with Crippen molar-refractivity contribution in [1.82, 2.24) is 14.9 Å². The second kappa shape index (κ2) is 12.3. The van der Waals surface area contributed by atoms with Gasteiger partial charge in [-0.15, -0.1) is 0 Å². The van der Waals surface area contributed by atoms with Crippen molar-refractivity contribution in [1.29, 1.82) is 0 Å². The monoisotopic (exact) mass is 561 g/mol. The molecule has 3 aliphatic rings. The number of carbonyl (C=O) groups is 3. The van der Waals surface area contributed by atoms with Gasteiger partial charge in [0.25, 0.3) is 0 Å². The van der Waals surface area contributed by atoms with Gasteiger partial charge < -0.3 is 31.8 Å². The number of aliphatic imine (C=N–C) groups is 1. The Morgan fingerprint density at radius 1 is 1.26 bits per heavy atom. The zero-order chi connectivity index (χ0) is 28.2. The Morgan fingerprint density at radius 3 is 2.79 bits per heavy atom. The van der Waals surface area contributed by atoms with Crippen molar-refractivity contribution in [2.75, 3.05) is 18.4 Å². The molecule has 7 N–H and O–H groups in total. The van der Waals surface area contributed by atoms with E-state index < -0.39 is 40.0 Å². The molecule has 1 aromatic rings. The number of hydrogen-bond acceptors (Lipinski definition) is 7. The maximum atomic E-state index is 13.7. The quantitative estimate of drug-likeness (QED) is 0.116. The fraction of sp³-hybridized carbons (Fsp3) is 0.615. The van der Waals surface area contributed by atoms with Crippen LogP contribution in [0.5, 0.6) is 0 Å². The molecule has 13 heteroatoms. The molecule has 0 spiro atoms. The van der Waals surface area contributed by atoms with Crippen LogP contribution in [0.25, 0.3) is 0 Å². The average Bonchev–Trinajstić information content (AvgIpc) is 3.26. The van der Waals surface area contributed by atoms with Gasteiger partial charge in [-0.05, 0) is 68.9 Å². The van der Waals surface area contributed by atoms with Gasteiger partial charge in [0.05, 0.1) is 11.7 Å². The molecule has 0 aliphatic carbocycles. The first kappa shape index (κ1) is 28.8. The minimum absolute atomic E-state index is 0.0402. The largest absolute Gasteiger partial charge is 0.383 e. The van der Waals surface area contributed by atoms with E-state index in [2.05, 4.69) is 27.3 Å². The van der Waals surface area contributed by atoms with Gasteiger partial charge >= 0.3 is 0 Å². The molecule has 0 aromatic heterocycles. The number of nitrogens with one attached hydrogen (secondary N) is 3. The van der Waals surface area contributed by atoms with Crippen LogP contribution in [0.1, 0.15) is 57.4 Å². The zero-order valence-corrected chi connectivity index (χ0v) is 23.1. The molecule has 39 heavy (non-hydrogen) atoms. The third-order valence-electron chi connectivity index (χ3n) is 7.74. The maximum absolute atomic E-state index is 13.7. The van der Waals surface area contributed by atoms with Crippen LogP contribution in [0.3, 0.4) is 0 Å². The normalized spacial score (nSPS) is 25.5. The first-order valence-corrected chi connectivity index (χ1v) is 15.1. The number of hydrogen-bond donors (Lipinski definition) is 5. The average molecular weight is 562 g/mol. The molecule has 0 saturated carbocycles. The van der Waals surface area contributed by atoms with E-state index in [0.717, 1.165) is 12.0 Å². The number of carbonyl (C=O) groups excluding carboxylic acids is 3. The van der Waals surface area contributed by atoms with Gasteiger partial charge in [0.2, 0.25) is 21.8 Å². The summed E-state index contributed by atoms with van der Waals surface area (Å²) in [6, 6.07) is 2.56. The minimum Gasteiger partial charge on any atom is -0.383 e. The smallest absolute Gasteiger partial charge is 0.243 e. The number of anilines is 1. The molecule has 3 aliphatic heterocycles. The zero-order valence-electron chi connectivity index (χ0n) is 22.3. The van der Waals surface area contributed by atoms with E-state index in [4.69, 9.17) is 11.5 Å². The highest BCUT2D eigenvalue weighted by atomic mass is 32.2. The number of amides is 2. The minimum atomic E-state index is -4.01. The fourth-order valence-corrected chi connectivity index (χ4v) is 7.30. The maximum Gasteiger partial charge on any atom is 0.243 e. The van der Waals surface area contributed by atoms with Crippen molar-refractivity contribution in [3.05, 3.63) is 23.8 Å². The van der Waals surface area contributed by atoms with Crippen molar-refractivity contribution in [2.24, 2.45) is 22.4 Å².